The molecule has 0 aliphatic rings. The normalized spacial score (nSPS) is 11.2. The molecule has 118 valence electrons. The van der Waals surface area contributed by atoms with E-state index in [-0.39, 0.29) is 5.69 Å². The Morgan fingerprint density at radius 2 is 1.62 bits per heavy atom. The third-order valence-electron chi connectivity index (χ3n) is 4.11. The summed E-state index contributed by atoms with van der Waals surface area (Å²) in [6, 6.07) is 12.0. The van der Waals surface area contributed by atoms with Crippen molar-refractivity contribution in [2.45, 2.75) is 13.8 Å². The van der Waals surface area contributed by atoms with Crippen molar-refractivity contribution in [2.75, 3.05) is 0 Å². The maximum Gasteiger partial charge on any atom is 0.363 e. The van der Waals surface area contributed by atoms with Crippen LogP contribution in [0.1, 0.15) is 11.1 Å². The molecular formula is C19H13NO4. The van der Waals surface area contributed by atoms with Crippen LogP contribution in [-0.2, 0) is 0 Å². The average molecular weight is 319 g/mol. The van der Waals surface area contributed by atoms with Crippen LogP contribution in [0.5, 0.6) is 0 Å². The number of hydrogen-bond donors (Lipinski definition) is 0. The van der Waals surface area contributed by atoms with Gasteiger partial charge in [0, 0.05) is 17.0 Å². The van der Waals surface area contributed by atoms with Gasteiger partial charge in [0.15, 0.2) is 11.3 Å². The van der Waals surface area contributed by atoms with E-state index in [1.54, 1.807) is 24.3 Å². The lowest BCUT2D eigenvalue weighted by molar-refractivity contribution is 0.554. The van der Waals surface area contributed by atoms with E-state index in [2.05, 4.69) is 4.98 Å². The lowest BCUT2D eigenvalue weighted by atomic mass is 10.0. The number of hydrogen-bond acceptors (Lipinski definition) is 5. The van der Waals surface area contributed by atoms with E-state index in [0.29, 0.717) is 27.6 Å². The molecule has 0 spiro atoms. The van der Waals surface area contributed by atoms with Crippen LogP contribution >= 0.6 is 0 Å². The minimum atomic E-state index is -0.584. The smallest absolute Gasteiger partial charge is 0.363 e. The summed E-state index contributed by atoms with van der Waals surface area (Å²) in [4.78, 5) is 28.7. The topological polar surface area (TPSA) is 73.3 Å². The highest BCUT2D eigenvalue weighted by atomic mass is 16.4. The van der Waals surface area contributed by atoms with E-state index in [1.807, 2.05) is 26.0 Å². The van der Waals surface area contributed by atoms with Crippen molar-refractivity contribution < 1.29 is 8.83 Å². The Bertz CT molecular complexity index is 1220. The third-order valence-corrected chi connectivity index (χ3v) is 4.11. The highest BCUT2D eigenvalue weighted by Gasteiger charge is 2.15. The molecule has 0 aliphatic carbocycles. The fraction of sp³-hybridized carbons (Fsp3) is 0.105. The minimum Gasteiger partial charge on any atom is -0.423 e. The van der Waals surface area contributed by atoms with Gasteiger partial charge in [0.1, 0.15) is 11.1 Å². The van der Waals surface area contributed by atoms with Gasteiger partial charge >= 0.3 is 11.3 Å². The maximum atomic E-state index is 12.4. The van der Waals surface area contributed by atoms with Gasteiger partial charge in [-0.05, 0) is 49.2 Å². The fourth-order valence-electron chi connectivity index (χ4n) is 2.73. The Hall–Kier alpha value is -3.21. The van der Waals surface area contributed by atoms with Gasteiger partial charge in [0.2, 0.25) is 0 Å². The van der Waals surface area contributed by atoms with Crippen LogP contribution in [0.15, 0.2) is 60.9 Å². The van der Waals surface area contributed by atoms with Gasteiger partial charge < -0.3 is 8.83 Å². The van der Waals surface area contributed by atoms with Crippen molar-refractivity contribution in [3.05, 3.63) is 74.4 Å². The second kappa shape index (κ2) is 5.16. The molecule has 2 aromatic heterocycles. The lowest BCUT2D eigenvalue weighted by Gasteiger charge is -2.07. The Labute approximate surface area is 136 Å². The predicted octanol–water partition coefficient (Wildman–Crippen LogP) is 3.58. The van der Waals surface area contributed by atoms with Crippen molar-refractivity contribution in [3.8, 4) is 11.3 Å². The molecule has 0 N–H and O–H groups in total. The summed E-state index contributed by atoms with van der Waals surface area (Å²) in [6.45, 7) is 3.89. The number of aryl methyl sites for hydroxylation is 2. The fourth-order valence-corrected chi connectivity index (χ4v) is 2.73. The van der Waals surface area contributed by atoms with Crippen LogP contribution < -0.4 is 11.3 Å². The first kappa shape index (κ1) is 14.4. The van der Waals surface area contributed by atoms with Gasteiger partial charge in [-0.3, -0.25) is 0 Å². The minimum absolute atomic E-state index is 0.106. The van der Waals surface area contributed by atoms with Gasteiger partial charge in [-0.1, -0.05) is 12.1 Å². The molecule has 0 atom stereocenters. The second-order valence-electron chi connectivity index (χ2n) is 5.73. The largest absolute Gasteiger partial charge is 0.423 e. The van der Waals surface area contributed by atoms with Crippen molar-refractivity contribution in [2.24, 2.45) is 0 Å². The van der Waals surface area contributed by atoms with Crippen LogP contribution in [0.25, 0.3) is 33.3 Å². The van der Waals surface area contributed by atoms with Crippen molar-refractivity contribution in [1.82, 2.24) is 4.98 Å². The molecule has 5 heteroatoms. The van der Waals surface area contributed by atoms with Gasteiger partial charge in [0.05, 0.1) is 0 Å². The van der Waals surface area contributed by atoms with Gasteiger partial charge in [-0.15, -0.1) is 0 Å². The maximum absolute atomic E-state index is 12.4. The van der Waals surface area contributed by atoms with Crippen molar-refractivity contribution in [3.63, 3.8) is 0 Å². The van der Waals surface area contributed by atoms with Crippen LogP contribution in [0.4, 0.5) is 0 Å². The zero-order chi connectivity index (χ0) is 16.8. The SMILES string of the molecule is Cc1cc2oc(=O)cc(-c3nc4ccccc4oc3=O)c2cc1C. The van der Waals surface area contributed by atoms with Crippen LogP contribution in [0.3, 0.4) is 0 Å². The lowest BCUT2D eigenvalue weighted by Crippen LogP contribution is -2.09. The van der Waals surface area contributed by atoms with Gasteiger partial charge in [-0.2, -0.15) is 0 Å². The van der Waals surface area contributed by atoms with E-state index in [9.17, 15) is 9.59 Å². The highest BCUT2D eigenvalue weighted by Crippen LogP contribution is 2.27. The third kappa shape index (κ3) is 2.22. The number of para-hydroxylation sites is 2. The quantitative estimate of drug-likeness (QED) is 0.501. The van der Waals surface area contributed by atoms with Crippen molar-refractivity contribution in [1.29, 1.82) is 0 Å². The molecule has 0 aliphatic heterocycles. The summed E-state index contributed by atoms with van der Waals surface area (Å²) in [5.74, 6) is 0. The number of fused-ring (bicyclic) bond motifs is 2. The molecular weight excluding hydrogens is 306 g/mol. The Morgan fingerprint density at radius 1 is 0.875 bits per heavy atom. The van der Waals surface area contributed by atoms with E-state index >= 15 is 0 Å². The summed E-state index contributed by atoms with van der Waals surface area (Å²) in [7, 11) is 0. The molecule has 0 unspecified atom stereocenters. The molecule has 4 rings (SSSR count). The molecule has 2 aromatic carbocycles. The van der Waals surface area contributed by atoms with E-state index < -0.39 is 11.3 Å². The molecule has 0 saturated carbocycles. The molecule has 0 bridgehead atoms. The molecule has 24 heavy (non-hydrogen) atoms. The Kier molecular flexibility index (Phi) is 3.09. The Balaban J connectivity index is 2.13. The summed E-state index contributed by atoms with van der Waals surface area (Å²) in [5, 5.41) is 0.660. The van der Waals surface area contributed by atoms with E-state index in [0.717, 1.165) is 11.1 Å². The number of aromatic nitrogens is 1. The standard InChI is InChI=1S/C19H13NO4/c1-10-7-12-13(9-17(21)23-16(12)8-11(10)2)18-19(22)24-15-6-4-3-5-14(15)20-18/h3-9H,1-2H3. The monoisotopic (exact) mass is 319 g/mol. The molecule has 0 amide bonds. The van der Waals surface area contributed by atoms with Crippen LogP contribution in [0, 0.1) is 13.8 Å². The van der Waals surface area contributed by atoms with E-state index in [1.165, 1.54) is 6.07 Å². The van der Waals surface area contributed by atoms with Gasteiger partial charge in [0.25, 0.3) is 0 Å². The highest BCUT2D eigenvalue weighted by molar-refractivity contribution is 5.93. The molecule has 0 saturated heterocycles. The average Bonchev–Trinajstić information content (AvgIpc) is 2.55. The zero-order valence-corrected chi connectivity index (χ0v) is 13.1. The molecule has 5 nitrogen and oxygen atoms in total. The molecule has 0 radical (unpaired) electrons. The molecule has 2 heterocycles. The molecule has 0 fully saturated rings. The summed E-state index contributed by atoms with van der Waals surface area (Å²) in [6.07, 6.45) is 0. The first-order valence-electron chi connectivity index (χ1n) is 7.48. The summed E-state index contributed by atoms with van der Waals surface area (Å²) < 4.78 is 10.6. The first-order valence-corrected chi connectivity index (χ1v) is 7.48. The summed E-state index contributed by atoms with van der Waals surface area (Å²) in [5.41, 5.74) is 2.83. The van der Waals surface area contributed by atoms with E-state index in [4.69, 9.17) is 8.83 Å². The first-order chi connectivity index (χ1) is 11.5. The van der Waals surface area contributed by atoms with Crippen LogP contribution in [-0.4, -0.2) is 4.98 Å². The predicted molar refractivity (Wildman–Crippen MR) is 91.2 cm³/mol. The Morgan fingerprint density at radius 3 is 2.46 bits per heavy atom. The summed E-state index contributed by atoms with van der Waals surface area (Å²) >= 11 is 0. The molecule has 4 aromatic rings. The van der Waals surface area contributed by atoms with Crippen molar-refractivity contribution >= 4 is 22.1 Å². The van der Waals surface area contributed by atoms with Crippen LogP contribution in [0.2, 0.25) is 0 Å². The second-order valence-corrected chi connectivity index (χ2v) is 5.73. The number of nitrogens with zero attached hydrogens (tertiary/aromatic N) is 1. The zero-order valence-electron chi connectivity index (χ0n) is 13.1. The van der Waals surface area contributed by atoms with Gasteiger partial charge in [-0.25, -0.2) is 14.6 Å². The number of rotatable bonds is 1. The number of benzene rings is 2.